The number of aliphatic imine (C=N–C) groups is 1. The Labute approximate surface area is 139 Å². The number of hydrogen-bond donors (Lipinski definition) is 2. The summed E-state index contributed by atoms with van der Waals surface area (Å²) in [6.07, 6.45) is 3.83. The van der Waals surface area contributed by atoms with Crippen molar-refractivity contribution in [3.05, 3.63) is 29.8 Å². The molecule has 1 aliphatic heterocycles. The van der Waals surface area contributed by atoms with E-state index in [-0.39, 0.29) is 5.91 Å². The van der Waals surface area contributed by atoms with E-state index < -0.39 is 0 Å². The first-order valence-corrected chi connectivity index (χ1v) is 8.50. The number of carbonyl (C=O) groups is 1. The van der Waals surface area contributed by atoms with Crippen LogP contribution in [-0.4, -0.2) is 31.5 Å². The summed E-state index contributed by atoms with van der Waals surface area (Å²) < 4.78 is 0. The van der Waals surface area contributed by atoms with Crippen molar-refractivity contribution in [2.24, 2.45) is 4.99 Å². The first-order chi connectivity index (χ1) is 11.1. The number of piperidine rings is 1. The van der Waals surface area contributed by atoms with Gasteiger partial charge in [0.05, 0.1) is 0 Å². The minimum atomic E-state index is 0.236. The van der Waals surface area contributed by atoms with Crippen molar-refractivity contribution in [3.8, 4) is 0 Å². The molecule has 1 aliphatic rings. The van der Waals surface area contributed by atoms with E-state index in [0.29, 0.717) is 19.0 Å². The Hall–Kier alpha value is -2.04. The average molecular weight is 316 g/mol. The van der Waals surface area contributed by atoms with Gasteiger partial charge in [-0.2, -0.15) is 0 Å². The van der Waals surface area contributed by atoms with Crippen molar-refractivity contribution in [2.45, 2.75) is 52.1 Å². The number of amides is 1. The highest BCUT2D eigenvalue weighted by Gasteiger charge is 2.19. The molecule has 2 N–H and O–H groups in total. The Morgan fingerprint density at radius 2 is 2.04 bits per heavy atom. The Balaban J connectivity index is 1.91. The van der Waals surface area contributed by atoms with Gasteiger partial charge in [-0.15, -0.1) is 0 Å². The molecule has 5 nitrogen and oxygen atoms in total. The van der Waals surface area contributed by atoms with Crippen LogP contribution >= 0.6 is 0 Å². The zero-order valence-corrected chi connectivity index (χ0v) is 14.4. The molecule has 0 saturated carbocycles. The minimum absolute atomic E-state index is 0.236. The first kappa shape index (κ1) is 17.3. The molecule has 0 aromatic heterocycles. The Kier molecular flexibility index (Phi) is 6.44. The maximum Gasteiger partial charge on any atom is 0.226 e. The molecule has 1 amide bonds. The highest BCUT2D eigenvalue weighted by atomic mass is 16.2. The maximum atomic E-state index is 12.0. The zero-order valence-electron chi connectivity index (χ0n) is 14.4. The summed E-state index contributed by atoms with van der Waals surface area (Å²) in [7, 11) is 1.78. The van der Waals surface area contributed by atoms with Crippen molar-refractivity contribution in [3.63, 3.8) is 0 Å². The van der Waals surface area contributed by atoms with Crippen molar-refractivity contribution in [2.75, 3.05) is 18.5 Å². The van der Waals surface area contributed by atoms with Crippen molar-refractivity contribution in [1.82, 2.24) is 10.6 Å². The number of guanidine groups is 1. The third-order valence-corrected chi connectivity index (χ3v) is 4.25. The van der Waals surface area contributed by atoms with Crippen LogP contribution in [0.3, 0.4) is 0 Å². The second kappa shape index (κ2) is 8.56. The van der Waals surface area contributed by atoms with Crippen LogP contribution in [0.2, 0.25) is 0 Å². The molecule has 0 bridgehead atoms. The molecule has 5 heteroatoms. The molecule has 1 unspecified atom stereocenters. The summed E-state index contributed by atoms with van der Waals surface area (Å²) in [5.74, 6) is 1.05. The van der Waals surface area contributed by atoms with Crippen LogP contribution in [0.15, 0.2) is 29.3 Å². The Morgan fingerprint density at radius 3 is 2.65 bits per heavy atom. The lowest BCUT2D eigenvalue weighted by Crippen LogP contribution is -2.41. The predicted octanol–water partition coefficient (Wildman–Crippen LogP) is 2.67. The Morgan fingerprint density at radius 1 is 1.30 bits per heavy atom. The van der Waals surface area contributed by atoms with E-state index in [1.165, 1.54) is 5.56 Å². The van der Waals surface area contributed by atoms with E-state index in [9.17, 15) is 4.79 Å². The van der Waals surface area contributed by atoms with Gasteiger partial charge in [0.25, 0.3) is 0 Å². The third-order valence-electron chi connectivity index (χ3n) is 4.25. The number of benzene rings is 1. The molecule has 126 valence electrons. The van der Waals surface area contributed by atoms with E-state index in [1.54, 1.807) is 7.05 Å². The highest BCUT2D eigenvalue weighted by molar-refractivity contribution is 5.93. The van der Waals surface area contributed by atoms with Gasteiger partial charge in [0.1, 0.15) is 0 Å². The van der Waals surface area contributed by atoms with E-state index >= 15 is 0 Å². The van der Waals surface area contributed by atoms with Crippen LogP contribution < -0.4 is 15.5 Å². The molecule has 0 spiro atoms. The van der Waals surface area contributed by atoms with Crippen LogP contribution in [0.25, 0.3) is 0 Å². The largest absolute Gasteiger partial charge is 0.354 e. The fraction of sp³-hybridized carbons (Fsp3) is 0.556. The number of nitrogens with zero attached hydrogens (tertiary/aromatic N) is 2. The smallest absolute Gasteiger partial charge is 0.226 e. The molecular formula is C18H28N4O. The van der Waals surface area contributed by atoms with E-state index in [0.717, 1.165) is 37.5 Å². The van der Waals surface area contributed by atoms with Crippen molar-refractivity contribution < 1.29 is 4.79 Å². The van der Waals surface area contributed by atoms with Gasteiger partial charge in [-0.05, 0) is 43.9 Å². The van der Waals surface area contributed by atoms with Gasteiger partial charge >= 0.3 is 0 Å². The molecule has 1 aromatic rings. The van der Waals surface area contributed by atoms with E-state index in [4.69, 9.17) is 0 Å². The SMILES string of the molecule is CCC(C)NC(=NC)NCc1ccc(N2CCCCC2=O)cc1. The fourth-order valence-corrected chi connectivity index (χ4v) is 2.59. The topological polar surface area (TPSA) is 56.7 Å². The van der Waals surface area contributed by atoms with Gasteiger partial charge in [0.2, 0.25) is 5.91 Å². The molecule has 1 saturated heterocycles. The quantitative estimate of drug-likeness (QED) is 0.648. The van der Waals surface area contributed by atoms with Gasteiger partial charge in [0.15, 0.2) is 5.96 Å². The van der Waals surface area contributed by atoms with Crippen LogP contribution in [0.1, 0.15) is 45.1 Å². The van der Waals surface area contributed by atoms with Gasteiger partial charge in [-0.1, -0.05) is 19.1 Å². The first-order valence-electron chi connectivity index (χ1n) is 8.50. The van der Waals surface area contributed by atoms with Gasteiger partial charge in [-0.3, -0.25) is 9.79 Å². The lowest BCUT2D eigenvalue weighted by atomic mass is 10.1. The van der Waals surface area contributed by atoms with Crippen LogP contribution in [0.4, 0.5) is 5.69 Å². The summed E-state index contributed by atoms with van der Waals surface area (Å²) >= 11 is 0. The summed E-state index contributed by atoms with van der Waals surface area (Å²) in [6, 6.07) is 8.60. The van der Waals surface area contributed by atoms with Gasteiger partial charge in [-0.25, -0.2) is 0 Å². The van der Waals surface area contributed by atoms with Crippen LogP contribution in [-0.2, 0) is 11.3 Å². The second-order valence-electron chi connectivity index (χ2n) is 6.05. The molecule has 0 aliphatic carbocycles. The fourth-order valence-electron chi connectivity index (χ4n) is 2.59. The maximum absolute atomic E-state index is 12.0. The van der Waals surface area contributed by atoms with Gasteiger partial charge < -0.3 is 15.5 Å². The van der Waals surface area contributed by atoms with Crippen molar-refractivity contribution >= 4 is 17.6 Å². The number of anilines is 1. The molecule has 2 rings (SSSR count). The summed E-state index contributed by atoms with van der Waals surface area (Å²) in [6.45, 7) is 5.83. The molecule has 1 fully saturated rings. The molecular weight excluding hydrogens is 288 g/mol. The van der Waals surface area contributed by atoms with E-state index in [2.05, 4.69) is 41.6 Å². The van der Waals surface area contributed by atoms with Crippen molar-refractivity contribution in [1.29, 1.82) is 0 Å². The minimum Gasteiger partial charge on any atom is -0.354 e. The number of hydrogen-bond acceptors (Lipinski definition) is 2. The normalized spacial score (nSPS) is 17.1. The Bertz CT molecular complexity index is 538. The lowest BCUT2D eigenvalue weighted by molar-refractivity contribution is -0.119. The standard InChI is InChI=1S/C18H28N4O/c1-4-14(2)21-18(19-3)20-13-15-8-10-16(11-9-15)22-12-6-5-7-17(22)23/h8-11,14H,4-7,12-13H2,1-3H3,(H2,19,20,21). The number of carbonyl (C=O) groups excluding carboxylic acids is 1. The molecule has 1 aromatic carbocycles. The summed E-state index contributed by atoms with van der Waals surface area (Å²) in [5.41, 5.74) is 2.17. The third kappa shape index (κ3) is 4.98. The van der Waals surface area contributed by atoms with E-state index in [1.807, 2.05) is 17.0 Å². The zero-order chi connectivity index (χ0) is 16.7. The second-order valence-corrected chi connectivity index (χ2v) is 6.05. The summed E-state index contributed by atoms with van der Waals surface area (Å²) in [5, 5.41) is 6.66. The van der Waals surface area contributed by atoms with Crippen LogP contribution in [0.5, 0.6) is 0 Å². The van der Waals surface area contributed by atoms with Gasteiger partial charge in [0, 0.05) is 38.3 Å². The molecule has 0 radical (unpaired) electrons. The highest BCUT2D eigenvalue weighted by Crippen LogP contribution is 2.21. The summed E-state index contributed by atoms with van der Waals surface area (Å²) in [4.78, 5) is 18.1. The lowest BCUT2D eigenvalue weighted by Gasteiger charge is -2.27. The molecule has 1 atom stereocenters. The average Bonchev–Trinajstić information content (AvgIpc) is 2.59. The molecule has 1 heterocycles. The molecule has 23 heavy (non-hydrogen) atoms. The monoisotopic (exact) mass is 316 g/mol. The number of nitrogens with one attached hydrogen (secondary N) is 2. The number of rotatable bonds is 5. The predicted molar refractivity (Wildman–Crippen MR) is 95.7 cm³/mol. The van der Waals surface area contributed by atoms with Crippen LogP contribution in [0, 0.1) is 0 Å².